The molecule has 2 aromatic rings. The average Bonchev–Trinajstić information content (AvgIpc) is 2.66. The van der Waals surface area contributed by atoms with Gasteiger partial charge < -0.3 is 9.64 Å². The number of piperidine rings is 1. The van der Waals surface area contributed by atoms with Crippen molar-refractivity contribution in [2.24, 2.45) is 5.92 Å². The third-order valence-electron chi connectivity index (χ3n) is 4.31. The quantitative estimate of drug-likeness (QED) is 0.607. The van der Waals surface area contributed by atoms with Crippen LogP contribution in [0.25, 0.3) is 10.9 Å². The SMILES string of the molecule is CCOC(=O)[C@@H]1CCCN(C(=O)CSc2ccc3ccccc3n2)C1. The number of carbonyl (C=O) groups excluding carboxylic acids is 2. The maximum absolute atomic E-state index is 12.5. The van der Waals surface area contributed by atoms with E-state index in [9.17, 15) is 9.59 Å². The molecule has 1 aromatic carbocycles. The van der Waals surface area contributed by atoms with Gasteiger partial charge in [0.1, 0.15) is 0 Å². The number of nitrogens with zero attached hydrogens (tertiary/aromatic N) is 2. The van der Waals surface area contributed by atoms with Crippen LogP contribution in [0.3, 0.4) is 0 Å². The minimum Gasteiger partial charge on any atom is -0.466 e. The summed E-state index contributed by atoms with van der Waals surface area (Å²) in [5, 5.41) is 1.93. The van der Waals surface area contributed by atoms with E-state index < -0.39 is 0 Å². The molecule has 3 rings (SSSR count). The number of para-hydroxylation sites is 1. The number of rotatable bonds is 5. The van der Waals surface area contributed by atoms with Crippen LogP contribution in [0.5, 0.6) is 0 Å². The first-order valence-electron chi connectivity index (χ1n) is 8.60. The highest BCUT2D eigenvalue weighted by molar-refractivity contribution is 7.99. The van der Waals surface area contributed by atoms with Crippen LogP contribution in [0.4, 0.5) is 0 Å². The summed E-state index contributed by atoms with van der Waals surface area (Å²) >= 11 is 1.44. The van der Waals surface area contributed by atoms with Gasteiger partial charge >= 0.3 is 5.97 Å². The number of hydrogen-bond donors (Lipinski definition) is 0. The Morgan fingerprint density at radius 3 is 2.96 bits per heavy atom. The minimum atomic E-state index is -0.193. The Morgan fingerprint density at radius 2 is 2.12 bits per heavy atom. The molecule has 1 aliphatic rings. The molecule has 0 N–H and O–H groups in total. The van der Waals surface area contributed by atoms with Gasteiger partial charge in [-0.2, -0.15) is 0 Å². The number of fused-ring (bicyclic) bond motifs is 1. The Hall–Kier alpha value is -2.08. The summed E-state index contributed by atoms with van der Waals surface area (Å²) in [4.78, 5) is 30.7. The number of ether oxygens (including phenoxy) is 1. The van der Waals surface area contributed by atoms with Gasteiger partial charge in [0.15, 0.2) is 0 Å². The monoisotopic (exact) mass is 358 g/mol. The molecular formula is C19H22N2O3S. The number of pyridine rings is 1. The summed E-state index contributed by atoms with van der Waals surface area (Å²) in [6.07, 6.45) is 1.64. The number of thioether (sulfide) groups is 1. The van der Waals surface area contributed by atoms with Crippen LogP contribution in [0.2, 0.25) is 0 Å². The molecule has 0 spiro atoms. The summed E-state index contributed by atoms with van der Waals surface area (Å²) in [5.41, 5.74) is 0.931. The van der Waals surface area contributed by atoms with Crippen LogP contribution in [0.15, 0.2) is 41.4 Å². The van der Waals surface area contributed by atoms with E-state index >= 15 is 0 Å². The highest BCUT2D eigenvalue weighted by Gasteiger charge is 2.29. The summed E-state index contributed by atoms with van der Waals surface area (Å²) in [7, 11) is 0. The van der Waals surface area contributed by atoms with Crippen molar-refractivity contribution in [1.82, 2.24) is 9.88 Å². The van der Waals surface area contributed by atoms with Crippen LogP contribution in [-0.4, -0.2) is 47.2 Å². The van der Waals surface area contributed by atoms with E-state index in [2.05, 4.69) is 4.98 Å². The Labute approximate surface area is 151 Å². The number of hydrogen-bond acceptors (Lipinski definition) is 5. The minimum absolute atomic E-state index is 0.0500. The number of amides is 1. The molecule has 1 fully saturated rings. The summed E-state index contributed by atoms with van der Waals surface area (Å²) < 4.78 is 5.09. The molecule has 25 heavy (non-hydrogen) atoms. The fraction of sp³-hybridized carbons (Fsp3) is 0.421. The van der Waals surface area contributed by atoms with E-state index in [0.29, 0.717) is 25.4 Å². The lowest BCUT2D eigenvalue weighted by Crippen LogP contribution is -2.43. The van der Waals surface area contributed by atoms with Crippen molar-refractivity contribution >= 4 is 34.5 Å². The Kier molecular flexibility index (Phi) is 5.91. The maximum atomic E-state index is 12.5. The Bertz CT molecular complexity index is 765. The van der Waals surface area contributed by atoms with Crippen LogP contribution >= 0.6 is 11.8 Å². The van der Waals surface area contributed by atoms with Crippen molar-refractivity contribution in [2.45, 2.75) is 24.8 Å². The van der Waals surface area contributed by atoms with Gasteiger partial charge in [-0.1, -0.05) is 36.0 Å². The van der Waals surface area contributed by atoms with E-state index in [0.717, 1.165) is 28.8 Å². The molecule has 0 radical (unpaired) electrons. The largest absolute Gasteiger partial charge is 0.466 e. The van der Waals surface area contributed by atoms with Crippen molar-refractivity contribution in [2.75, 3.05) is 25.4 Å². The zero-order chi connectivity index (χ0) is 17.6. The predicted octanol–water partition coefficient (Wildman–Crippen LogP) is 3.13. The fourth-order valence-corrected chi connectivity index (χ4v) is 3.79. The van der Waals surface area contributed by atoms with Gasteiger partial charge in [-0.25, -0.2) is 4.98 Å². The molecule has 6 heteroatoms. The summed E-state index contributed by atoms with van der Waals surface area (Å²) in [5.74, 6) is 0.000184. The van der Waals surface area contributed by atoms with Crippen molar-refractivity contribution in [1.29, 1.82) is 0 Å². The molecule has 1 aliphatic heterocycles. The normalized spacial score (nSPS) is 17.5. The molecule has 1 saturated heterocycles. The number of benzene rings is 1. The smallest absolute Gasteiger partial charge is 0.310 e. The Balaban J connectivity index is 1.56. The van der Waals surface area contributed by atoms with E-state index in [-0.39, 0.29) is 17.8 Å². The molecule has 132 valence electrons. The number of likely N-dealkylation sites (tertiary alicyclic amines) is 1. The molecule has 0 aliphatic carbocycles. The topological polar surface area (TPSA) is 59.5 Å². The van der Waals surface area contributed by atoms with Crippen molar-refractivity contribution < 1.29 is 14.3 Å². The standard InChI is InChI=1S/C19H22N2O3S/c1-2-24-19(23)15-7-5-11-21(12-15)18(22)13-25-17-10-9-14-6-3-4-8-16(14)20-17/h3-4,6,8-10,15H,2,5,7,11-13H2,1H3/t15-/m1/s1. The van der Waals surface area contributed by atoms with Crippen molar-refractivity contribution in [3.05, 3.63) is 36.4 Å². The molecule has 5 nitrogen and oxygen atoms in total. The summed E-state index contributed by atoms with van der Waals surface area (Å²) in [6.45, 7) is 3.35. The van der Waals surface area contributed by atoms with Crippen LogP contribution in [-0.2, 0) is 14.3 Å². The lowest BCUT2D eigenvalue weighted by atomic mass is 9.98. The van der Waals surface area contributed by atoms with Crippen LogP contribution in [0, 0.1) is 5.92 Å². The highest BCUT2D eigenvalue weighted by atomic mass is 32.2. The van der Waals surface area contributed by atoms with Gasteiger partial charge in [-0.15, -0.1) is 0 Å². The van der Waals surface area contributed by atoms with E-state index in [1.54, 1.807) is 11.8 Å². The third-order valence-corrected chi connectivity index (χ3v) is 5.22. The van der Waals surface area contributed by atoms with E-state index in [1.807, 2.05) is 36.4 Å². The molecule has 0 saturated carbocycles. The first-order chi connectivity index (χ1) is 12.2. The van der Waals surface area contributed by atoms with E-state index in [4.69, 9.17) is 4.74 Å². The molecule has 0 unspecified atom stereocenters. The predicted molar refractivity (Wildman–Crippen MR) is 98.4 cm³/mol. The van der Waals surface area contributed by atoms with Gasteiger partial charge in [0.2, 0.25) is 5.91 Å². The van der Waals surface area contributed by atoms with Crippen molar-refractivity contribution in [3.8, 4) is 0 Å². The van der Waals surface area contributed by atoms with Crippen molar-refractivity contribution in [3.63, 3.8) is 0 Å². The lowest BCUT2D eigenvalue weighted by molar-refractivity contribution is -0.151. The first kappa shape index (κ1) is 17.7. The molecule has 2 heterocycles. The van der Waals surface area contributed by atoms with Crippen LogP contribution < -0.4 is 0 Å². The molecule has 1 aromatic heterocycles. The molecule has 1 amide bonds. The van der Waals surface area contributed by atoms with E-state index in [1.165, 1.54) is 11.8 Å². The highest BCUT2D eigenvalue weighted by Crippen LogP contribution is 2.22. The number of carbonyl (C=O) groups is 2. The van der Waals surface area contributed by atoms with Gasteiger partial charge in [-0.05, 0) is 31.9 Å². The number of esters is 1. The zero-order valence-corrected chi connectivity index (χ0v) is 15.1. The van der Waals surface area contributed by atoms with Gasteiger partial charge in [0.05, 0.1) is 28.8 Å². The second kappa shape index (κ2) is 8.34. The Morgan fingerprint density at radius 1 is 1.28 bits per heavy atom. The van der Waals surface area contributed by atoms with Gasteiger partial charge in [-0.3, -0.25) is 9.59 Å². The maximum Gasteiger partial charge on any atom is 0.310 e. The van der Waals surface area contributed by atoms with Gasteiger partial charge in [0.25, 0.3) is 0 Å². The zero-order valence-electron chi connectivity index (χ0n) is 14.3. The summed E-state index contributed by atoms with van der Waals surface area (Å²) in [6, 6.07) is 11.9. The first-order valence-corrected chi connectivity index (χ1v) is 9.59. The molecule has 0 bridgehead atoms. The molecular weight excluding hydrogens is 336 g/mol. The fourth-order valence-electron chi connectivity index (χ4n) is 3.01. The second-order valence-corrected chi connectivity index (χ2v) is 7.06. The lowest BCUT2D eigenvalue weighted by Gasteiger charge is -2.31. The second-order valence-electron chi connectivity index (χ2n) is 6.06. The van der Waals surface area contributed by atoms with Crippen LogP contribution in [0.1, 0.15) is 19.8 Å². The van der Waals surface area contributed by atoms with Gasteiger partial charge in [0, 0.05) is 18.5 Å². The number of aromatic nitrogens is 1. The molecule has 1 atom stereocenters. The third kappa shape index (κ3) is 4.51. The average molecular weight is 358 g/mol.